The van der Waals surface area contributed by atoms with Crippen LogP contribution >= 0.6 is 0 Å². The van der Waals surface area contributed by atoms with Crippen molar-refractivity contribution >= 4 is 5.71 Å². The van der Waals surface area contributed by atoms with Gasteiger partial charge in [0.1, 0.15) is 0 Å². The average molecular weight is 148 g/mol. The van der Waals surface area contributed by atoms with Crippen molar-refractivity contribution in [1.82, 2.24) is 4.90 Å². The summed E-state index contributed by atoms with van der Waals surface area (Å²) in [7, 11) is 1.99. The predicted octanol–water partition coefficient (Wildman–Crippen LogP) is 1.93. The van der Waals surface area contributed by atoms with E-state index >= 15 is 0 Å². The fraction of sp³-hybridized carbons (Fsp3) is 0.222. The van der Waals surface area contributed by atoms with Gasteiger partial charge in [0, 0.05) is 19.4 Å². The lowest BCUT2D eigenvalue weighted by molar-refractivity contribution is 0.590. The molecule has 11 heavy (non-hydrogen) atoms. The van der Waals surface area contributed by atoms with Crippen molar-refractivity contribution in [2.24, 2.45) is 4.99 Å². The van der Waals surface area contributed by atoms with Gasteiger partial charge < -0.3 is 4.90 Å². The number of aliphatic imine (C=N–C) groups is 1. The highest BCUT2D eigenvalue weighted by Crippen LogP contribution is 2.09. The van der Waals surface area contributed by atoms with Crippen molar-refractivity contribution in [3.8, 4) is 0 Å². The molecule has 0 unspecified atom stereocenters. The van der Waals surface area contributed by atoms with E-state index in [0.717, 1.165) is 11.4 Å². The standard InChI is InChI=1S/C9H12N2/c1-4-5-9-8(2)10-6-7-11(9)3/h4-7H,1H2,2-3H3/b9-5-. The molecule has 0 N–H and O–H groups in total. The van der Waals surface area contributed by atoms with Gasteiger partial charge in [-0.05, 0) is 13.0 Å². The quantitative estimate of drug-likeness (QED) is 0.554. The summed E-state index contributed by atoms with van der Waals surface area (Å²) < 4.78 is 0. The van der Waals surface area contributed by atoms with E-state index in [4.69, 9.17) is 0 Å². The Kier molecular flexibility index (Phi) is 2.26. The highest BCUT2D eigenvalue weighted by Gasteiger charge is 2.06. The van der Waals surface area contributed by atoms with Crippen LogP contribution in [0.15, 0.2) is 41.8 Å². The summed E-state index contributed by atoms with van der Waals surface area (Å²) in [6.07, 6.45) is 7.42. The average Bonchev–Trinajstić information content (AvgIpc) is 1.97. The van der Waals surface area contributed by atoms with Crippen LogP contribution in [0, 0.1) is 0 Å². The lowest BCUT2D eigenvalue weighted by Crippen LogP contribution is -2.18. The van der Waals surface area contributed by atoms with Gasteiger partial charge >= 0.3 is 0 Å². The molecule has 0 aliphatic carbocycles. The number of rotatable bonds is 1. The number of hydrogen-bond acceptors (Lipinski definition) is 2. The molecule has 0 saturated heterocycles. The highest BCUT2D eigenvalue weighted by molar-refractivity contribution is 5.99. The zero-order valence-corrected chi connectivity index (χ0v) is 6.91. The number of hydrogen-bond donors (Lipinski definition) is 0. The lowest BCUT2D eigenvalue weighted by Gasteiger charge is -2.20. The smallest absolute Gasteiger partial charge is 0.0619 e. The Morgan fingerprint density at radius 2 is 2.36 bits per heavy atom. The first-order chi connectivity index (χ1) is 5.25. The van der Waals surface area contributed by atoms with Crippen LogP contribution in [-0.4, -0.2) is 17.7 Å². The van der Waals surface area contributed by atoms with E-state index < -0.39 is 0 Å². The van der Waals surface area contributed by atoms with Crippen LogP contribution in [-0.2, 0) is 0 Å². The van der Waals surface area contributed by atoms with Crippen LogP contribution in [0.5, 0.6) is 0 Å². The molecular weight excluding hydrogens is 136 g/mol. The molecule has 0 radical (unpaired) electrons. The van der Waals surface area contributed by atoms with Crippen LogP contribution < -0.4 is 0 Å². The van der Waals surface area contributed by atoms with Crippen LogP contribution in [0.4, 0.5) is 0 Å². The first kappa shape index (κ1) is 7.79. The van der Waals surface area contributed by atoms with E-state index in [0.29, 0.717) is 0 Å². The van der Waals surface area contributed by atoms with E-state index in [-0.39, 0.29) is 0 Å². The Balaban J connectivity index is 2.95. The Bertz CT molecular complexity index is 246. The molecule has 2 heteroatoms. The molecule has 1 rings (SSSR count). The molecule has 0 bridgehead atoms. The lowest BCUT2D eigenvalue weighted by atomic mass is 10.2. The second-order valence-corrected chi connectivity index (χ2v) is 2.41. The molecular formula is C9H12N2. The van der Waals surface area contributed by atoms with E-state index in [2.05, 4.69) is 11.6 Å². The first-order valence-corrected chi connectivity index (χ1v) is 3.52. The van der Waals surface area contributed by atoms with Crippen LogP contribution in [0.25, 0.3) is 0 Å². The number of nitrogens with zero attached hydrogens (tertiary/aromatic N) is 2. The fourth-order valence-corrected chi connectivity index (χ4v) is 0.997. The summed E-state index contributed by atoms with van der Waals surface area (Å²) in [4.78, 5) is 6.18. The number of allylic oxidation sites excluding steroid dienone is 3. The predicted molar refractivity (Wildman–Crippen MR) is 48.3 cm³/mol. The normalized spacial score (nSPS) is 20.4. The summed E-state index contributed by atoms with van der Waals surface area (Å²) in [5, 5.41) is 0. The first-order valence-electron chi connectivity index (χ1n) is 3.52. The minimum atomic E-state index is 1.02. The van der Waals surface area contributed by atoms with Gasteiger partial charge in [0.25, 0.3) is 0 Å². The van der Waals surface area contributed by atoms with Gasteiger partial charge in [0.2, 0.25) is 0 Å². The van der Waals surface area contributed by atoms with E-state index in [9.17, 15) is 0 Å². The maximum absolute atomic E-state index is 4.16. The molecule has 58 valence electrons. The molecule has 0 aromatic heterocycles. The Morgan fingerprint density at radius 3 is 2.91 bits per heavy atom. The maximum atomic E-state index is 4.16. The molecule has 0 amide bonds. The van der Waals surface area contributed by atoms with Crippen molar-refractivity contribution in [1.29, 1.82) is 0 Å². The third-order valence-corrected chi connectivity index (χ3v) is 1.58. The summed E-state index contributed by atoms with van der Waals surface area (Å²) in [6.45, 7) is 5.62. The molecule has 1 heterocycles. The topological polar surface area (TPSA) is 15.6 Å². The molecule has 0 spiro atoms. The minimum Gasteiger partial charge on any atom is -0.348 e. The van der Waals surface area contributed by atoms with Gasteiger partial charge in [0.15, 0.2) is 0 Å². The Morgan fingerprint density at radius 1 is 1.64 bits per heavy atom. The van der Waals surface area contributed by atoms with E-state index in [1.165, 1.54) is 0 Å². The minimum absolute atomic E-state index is 1.02. The van der Waals surface area contributed by atoms with Crippen LogP contribution in [0.2, 0.25) is 0 Å². The molecule has 1 aliphatic rings. The molecule has 1 aliphatic heterocycles. The monoisotopic (exact) mass is 148 g/mol. The van der Waals surface area contributed by atoms with Crippen molar-refractivity contribution in [2.75, 3.05) is 7.05 Å². The van der Waals surface area contributed by atoms with E-state index in [1.807, 2.05) is 31.1 Å². The van der Waals surface area contributed by atoms with Crippen LogP contribution in [0.3, 0.4) is 0 Å². The maximum Gasteiger partial charge on any atom is 0.0619 e. The Hall–Kier alpha value is -1.31. The van der Waals surface area contributed by atoms with Crippen molar-refractivity contribution in [3.63, 3.8) is 0 Å². The third-order valence-electron chi connectivity index (χ3n) is 1.58. The zero-order valence-electron chi connectivity index (χ0n) is 6.91. The molecule has 0 aromatic rings. The summed E-state index contributed by atoms with van der Waals surface area (Å²) in [5.41, 5.74) is 2.12. The van der Waals surface area contributed by atoms with Gasteiger partial charge in [-0.15, -0.1) is 0 Å². The van der Waals surface area contributed by atoms with Gasteiger partial charge in [-0.2, -0.15) is 0 Å². The van der Waals surface area contributed by atoms with Crippen molar-refractivity contribution in [2.45, 2.75) is 6.92 Å². The van der Waals surface area contributed by atoms with Crippen LogP contribution in [0.1, 0.15) is 6.92 Å². The van der Waals surface area contributed by atoms with Crippen molar-refractivity contribution in [3.05, 3.63) is 36.8 Å². The largest absolute Gasteiger partial charge is 0.348 e. The summed E-state index contributed by atoms with van der Waals surface area (Å²) in [5.74, 6) is 0. The second-order valence-electron chi connectivity index (χ2n) is 2.41. The van der Waals surface area contributed by atoms with Gasteiger partial charge in [0.05, 0.1) is 11.4 Å². The second kappa shape index (κ2) is 3.19. The van der Waals surface area contributed by atoms with E-state index in [1.54, 1.807) is 12.3 Å². The molecule has 0 fully saturated rings. The molecule has 0 atom stereocenters. The molecule has 2 nitrogen and oxygen atoms in total. The van der Waals surface area contributed by atoms with Gasteiger partial charge in [-0.25, -0.2) is 0 Å². The summed E-state index contributed by atoms with van der Waals surface area (Å²) in [6, 6.07) is 0. The van der Waals surface area contributed by atoms with Gasteiger partial charge in [-0.1, -0.05) is 12.7 Å². The zero-order chi connectivity index (χ0) is 8.27. The summed E-state index contributed by atoms with van der Waals surface area (Å²) >= 11 is 0. The molecule has 0 aromatic carbocycles. The highest BCUT2D eigenvalue weighted by atomic mass is 15.1. The Labute approximate surface area is 67.2 Å². The van der Waals surface area contributed by atoms with Gasteiger partial charge in [-0.3, -0.25) is 4.99 Å². The van der Waals surface area contributed by atoms with Crippen molar-refractivity contribution < 1.29 is 0 Å². The molecule has 0 saturated carbocycles. The third kappa shape index (κ3) is 1.58. The fourth-order valence-electron chi connectivity index (χ4n) is 0.997. The SMILES string of the molecule is C=C/C=C1/C(C)=NC=CN1C.